The van der Waals surface area contributed by atoms with Gasteiger partial charge in [0.2, 0.25) is 0 Å². The van der Waals surface area contributed by atoms with Gasteiger partial charge in [0.15, 0.2) is 0 Å². The van der Waals surface area contributed by atoms with Crippen LogP contribution in [0.2, 0.25) is 5.02 Å². The largest absolute Gasteiger partial charge is 0.492 e. The van der Waals surface area contributed by atoms with Gasteiger partial charge in [0, 0.05) is 43.3 Å². The lowest BCUT2D eigenvalue weighted by Gasteiger charge is -2.34. The third-order valence-corrected chi connectivity index (χ3v) is 5.11. The second kappa shape index (κ2) is 9.02. The van der Waals surface area contributed by atoms with Crippen LogP contribution in [0.3, 0.4) is 0 Å². The van der Waals surface area contributed by atoms with Crippen LogP contribution in [-0.4, -0.2) is 75.2 Å². The van der Waals surface area contributed by atoms with Gasteiger partial charge >= 0.3 is 0 Å². The van der Waals surface area contributed by atoms with Crippen LogP contribution < -0.4 is 4.74 Å². The number of nitrogens with zero attached hydrogens (tertiary/aromatic N) is 6. The molecular formula is C20H21ClN6O2. The molecule has 0 N–H and O–H groups in total. The number of aromatic nitrogens is 4. The van der Waals surface area contributed by atoms with Crippen LogP contribution in [0.5, 0.6) is 5.75 Å². The summed E-state index contributed by atoms with van der Waals surface area (Å²) in [7, 11) is 0. The Balaban J connectivity index is 1.26. The summed E-state index contributed by atoms with van der Waals surface area (Å²) in [6.45, 7) is 4.44. The summed E-state index contributed by atoms with van der Waals surface area (Å²) in [6, 6.07) is 14.7. The van der Waals surface area contributed by atoms with Crippen LogP contribution >= 0.6 is 11.6 Å². The van der Waals surface area contributed by atoms with Gasteiger partial charge in [-0.3, -0.25) is 9.69 Å². The fourth-order valence-electron chi connectivity index (χ4n) is 3.24. The van der Waals surface area contributed by atoms with Crippen molar-refractivity contribution in [1.82, 2.24) is 30.0 Å². The van der Waals surface area contributed by atoms with Gasteiger partial charge in [-0.2, -0.15) is 0 Å². The maximum absolute atomic E-state index is 12.9. The number of tetrazole rings is 1. The molecule has 2 aromatic carbocycles. The smallest absolute Gasteiger partial charge is 0.254 e. The summed E-state index contributed by atoms with van der Waals surface area (Å²) in [5, 5.41) is 11.8. The zero-order chi connectivity index (χ0) is 20.1. The first-order valence-corrected chi connectivity index (χ1v) is 9.80. The Morgan fingerprint density at radius 3 is 2.59 bits per heavy atom. The fourth-order valence-corrected chi connectivity index (χ4v) is 3.37. The molecule has 0 aliphatic carbocycles. The van der Waals surface area contributed by atoms with E-state index in [1.807, 2.05) is 53.4 Å². The molecule has 0 saturated carbocycles. The maximum Gasteiger partial charge on any atom is 0.254 e. The highest BCUT2D eigenvalue weighted by Crippen LogP contribution is 2.16. The van der Waals surface area contributed by atoms with Crippen molar-refractivity contribution in [1.29, 1.82) is 0 Å². The van der Waals surface area contributed by atoms with Gasteiger partial charge in [0.1, 0.15) is 18.7 Å². The Hall–Kier alpha value is -2.97. The summed E-state index contributed by atoms with van der Waals surface area (Å²) in [4.78, 5) is 17.1. The van der Waals surface area contributed by atoms with E-state index in [1.54, 1.807) is 0 Å². The Kier molecular flexibility index (Phi) is 6.02. The molecule has 0 radical (unpaired) electrons. The fraction of sp³-hybridized carbons (Fsp3) is 0.300. The molecule has 3 aromatic rings. The molecule has 0 unspecified atom stereocenters. The van der Waals surface area contributed by atoms with Gasteiger partial charge < -0.3 is 9.64 Å². The third-order valence-electron chi connectivity index (χ3n) is 4.86. The minimum absolute atomic E-state index is 0.0250. The van der Waals surface area contributed by atoms with Crippen molar-refractivity contribution in [3.8, 4) is 11.4 Å². The molecule has 2 heterocycles. The van der Waals surface area contributed by atoms with E-state index < -0.39 is 0 Å². The number of piperazine rings is 1. The molecule has 1 saturated heterocycles. The second-order valence-electron chi connectivity index (χ2n) is 6.74. The van der Waals surface area contributed by atoms with Crippen molar-refractivity contribution >= 4 is 17.5 Å². The molecule has 0 spiro atoms. The van der Waals surface area contributed by atoms with E-state index in [0.29, 0.717) is 30.3 Å². The van der Waals surface area contributed by atoms with Crippen molar-refractivity contribution < 1.29 is 9.53 Å². The van der Waals surface area contributed by atoms with E-state index in [9.17, 15) is 4.79 Å². The van der Waals surface area contributed by atoms with Gasteiger partial charge in [0.25, 0.3) is 5.91 Å². The van der Waals surface area contributed by atoms with Crippen LogP contribution in [0.25, 0.3) is 5.69 Å². The SMILES string of the molecule is O=C(c1cccc(-n2cnnn2)c1)N1CCN(CCOc2ccc(Cl)cc2)CC1. The molecule has 150 valence electrons. The second-order valence-corrected chi connectivity index (χ2v) is 7.18. The molecule has 1 fully saturated rings. The number of halogens is 1. The van der Waals surface area contributed by atoms with Crippen LogP contribution in [0.15, 0.2) is 54.9 Å². The minimum Gasteiger partial charge on any atom is -0.492 e. The zero-order valence-corrected chi connectivity index (χ0v) is 16.6. The predicted octanol–water partition coefficient (Wildman–Crippen LogP) is 2.15. The average molecular weight is 413 g/mol. The zero-order valence-electron chi connectivity index (χ0n) is 15.8. The highest BCUT2D eigenvalue weighted by atomic mass is 35.5. The first-order chi connectivity index (χ1) is 14.2. The molecular weight excluding hydrogens is 392 g/mol. The monoisotopic (exact) mass is 412 g/mol. The summed E-state index contributed by atoms with van der Waals surface area (Å²) in [6.07, 6.45) is 1.51. The Morgan fingerprint density at radius 2 is 1.86 bits per heavy atom. The summed E-state index contributed by atoms with van der Waals surface area (Å²) >= 11 is 5.88. The number of rotatable bonds is 6. The standard InChI is InChI=1S/C20H21ClN6O2/c21-17-4-6-19(7-5-17)29-13-12-25-8-10-26(11-9-25)20(28)16-2-1-3-18(14-16)27-15-22-23-24-27/h1-7,14-15H,8-13H2. The van der Waals surface area contributed by atoms with E-state index in [0.717, 1.165) is 31.1 Å². The predicted molar refractivity (Wildman–Crippen MR) is 108 cm³/mol. The normalized spacial score (nSPS) is 14.7. The van der Waals surface area contributed by atoms with Gasteiger partial charge in [-0.15, -0.1) is 5.10 Å². The van der Waals surface area contributed by atoms with Crippen molar-refractivity contribution in [2.75, 3.05) is 39.3 Å². The number of hydrogen-bond donors (Lipinski definition) is 0. The molecule has 1 aromatic heterocycles. The number of carbonyl (C=O) groups excluding carboxylic acids is 1. The lowest BCUT2D eigenvalue weighted by Crippen LogP contribution is -2.49. The molecule has 9 heteroatoms. The van der Waals surface area contributed by atoms with Crippen molar-refractivity contribution in [2.45, 2.75) is 0 Å². The Labute approximate surface area is 173 Å². The van der Waals surface area contributed by atoms with Crippen molar-refractivity contribution in [2.24, 2.45) is 0 Å². The molecule has 4 rings (SSSR count). The van der Waals surface area contributed by atoms with Crippen LogP contribution in [0.4, 0.5) is 0 Å². The van der Waals surface area contributed by atoms with E-state index in [2.05, 4.69) is 20.4 Å². The quantitative estimate of drug-likeness (QED) is 0.617. The number of hydrogen-bond acceptors (Lipinski definition) is 6. The highest BCUT2D eigenvalue weighted by Gasteiger charge is 2.22. The van der Waals surface area contributed by atoms with E-state index in [1.165, 1.54) is 11.0 Å². The summed E-state index contributed by atoms with van der Waals surface area (Å²) in [5.41, 5.74) is 1.40. The van der Waals surface area contributed by atoms with Crippen LogP contribution in [-0.2, 0) is 0 Å². The summed E-state index contributed by atoms with van der Waals surface area (Å²) in [5.74, 6) is 0.836. The maximum atomic E-state index is 12.9. The Bertz CT molecular complexity index is 940. The molecule has 0 atom stereocenters. The van der Waals surface area contributed by atoms with Crippen LogP contribution in [0, 0.1) is 0 Å². The third kappa shape index (κ3) is 4.90. The van der Waals surface area contributed by atoms with E-state index in [-0.39, 0.29) is 5.91 Å². The lowest BCUT2D eigenvalue weighted by atomic mass is 10.1. The number of benzene rings is 2. The molecule has 1 aliphatic heterocycles. The van der Waals surface area contributed by atoms with Crippen LogP contribution in [0.1, 0.15) is 10.4 Å². The lowest BCUT2D eigenvalue weighted by molar-refractivity contribution is 0.0620. The number of carbonyl (C=O) groups is 1. The van der Waals surface area contributed by atoms with Gasteiger partial charge in [-0.25, -0.2) is 4.68 Å². The molecule has 29 heavy (non-hydrogen) atoms. The first-order valence-electron chi connectivity index (χ1n) is 9.42. The molecule has 0 bridgehead atoms. The van der Waals surface area contributed by atoms with E-state index >= 15 is 0 Å². The molecule has 1 amide bonds. The highest BCUT2D eigenvalue weighted by molar-refractivity contribution is 6.30. The number of ether oxygens (including phenoxy) is 1. The van der Waals surface area contributed by atoms with E-state index in [4.69, 9.17) is 16.3 Å². The Morgan fingerprint density at radius 1 is 1.07 bits per heavy atom. The molecule has 8 nitrogen and oxygen atoms in total. The average Bonchev–Trinajstić information content (AvgIpc) is 3.30. The van der Waals surface area contributed by atoms with Gasteiger partial charge in [-0.1, -0.05) is 17.7 Å². The van der Waals surface area contributed by atoms with Crippen molar-refractivity contribution in [3.05, 3.63) is 65.4 Å². The molecule has 1 aliphatic rings. The van der Waals surface area contributed by atoms with Gasteiger partial charge in [0.05, 0.1) is 5.69 Å². The van der Waals surface area contributed by atoms with Crippen molar-refractivity contribution in [3.63, 3.8) is 0 Å². The topological polar surface area (TPSA) is 76.4 Å². The van der Waals surface area contributed by atoms with Gasteiger partial charge in [-0.05, 0) is 52.9 Å². The number of amides is 1. The summed E-state index contributed by atoms with van der Waals surface area (Å²) < 4.78 is 7.29. The minimum atomic E-state index is 0.0250. The first kappa shape index (κ1) is 19.4.